The Balaban J connectivity index is 2.72. The van der Waals surface area contributed by atoms with Gasteiger partial charge in [-0.2, -0.15) is 0 Å². The van der Waals surface area contributed by atoms with Crippen molar-refractivity contribution < 1.29 is 0 Å². The lowest BCUT2D eigenvalue weighted by atomic mass is 10.3. The zero-order valence-electron chi connectivity index (χ0n) is 4.54. The Hall–Kier alpha value is 1.25. The Bertz CT molecular complexity index is 47.7. The predicted molar refractivity (Wildman–Crippen MR) is 46.2 cm³/mol. The van der Waals surface area contributed by atoms with Crippen molar-refractivity contribution in [2.45, 2.75) is 23.0 Å². The van der Waals surface area contributed by atoms with Gasteiger partial charge in [-0.3, -0.25) is 0 Å². The van der Waals surface area contributed by atoms with Gasteiger partial charge in [-0.15, -0.1) is 11.6 Å². The second-order valence-corrected chi connectivity index (χ2v) is 5.39. The van der Waals surface area contributed by atoms with Gasteiger partial charge < -0.3 is 0 Å². The fraction of sp³-hybridized carbons (Fsp3) is 1.00. The van der Waals surface area contributed by atoms with Crippen LogP contribution in [0.3, 0.4) is 0 Å². The molecule has 0 aromatic rings. The summed E-state index contributed by atoms with van der Waals surface area (Å²) in [7, 11) is 0. The SMILES string of the molecule is ClCCCCC(Br)Br. The maximum absolute atomic E-state index is 5.45. The normalized spacial score (nSPS) is 10.5. The van der Waals surface area contributed by atoms with Crippen molar-refractivity contribution in [1.29, 1.82) is 0 Å². The van der Waals surface area contributed by atoms with Gasteiger partial charge in [-0.1, -0.05) is 38.3 Å². The van der Waals surface area contributed by atoms with E-state index in [1.807, 2.05) is 0 Å². The highest BCUT2D eigenvalue weighted by atomic mass is 79.9. The summed E-state index contributed by atoms with van der Waals surface area (Å²) in [5.74, 6) is 0.784. The third-order valence-corrected chi connectivity index (χ3v) is 1.99. The summed E-state index contributed by atoms with van der Waals surface area (Å²) < 4.78 is 0.471. The van der Waals surface area contributed by atoms with Gasteiger partial charge in [-0.25, -0.2) is 0 Å². The number of unbranched alkanes of at least 4 members (excludes halogenated alkanes) is 1. The van der Waals surface area contributed by atoms with E-state index in [1.54, 1.807) is 0 Å². The van der Waals surface area contributed by atoms with Gasteiger partial charge in [0.05, 0.1) is 3.74 Å². The molecule has 0 fully saturated rings. The van der Waals surface area contributed by atoms with Crippen LogP contribution >= 0.6 is 43.5 Å². The van der Waals surface area contributed by atoms with Crippen LogP contribution in [0.25, 0.3) is 0 Å². The molecule has 0 aliphatic carbocycles. The summed E-state index contributed by atoms with van der Waals surface area (Å²) in [4.78, 5) is 0. The molecule has 0 nitrogen and oxygen atoms in total. The van der Waals surface area contributed by atoms with E-state index in [0.717, 1.165) is 18.7 Å². The number of hydrogen-bond acceptors (Lipinski definition) is 0. The largest absolute Gasteiger partial charge is 0.127 e. The van der Waals surface area contributed by atoms with Crippen molar-refractivity contribution >= 4 is 43.5 Å². The number of rotatable bonds is 4. The minimum atomic E-state index is 0.471. The minimum absolute atomic E-state index is 0.471. The Kier molecular flexibility index (Phi) is 7.37. The third-order valence-electron chi connectivity index (χ3n) is 0.806. The highest BCUT2D eigenvalue weighted by Gasteiger charge is 1.94. The van der Waals surface area contributed by atoms with Crippen molar-refractivity contribution in [2.24, 2.45) is 0 Å². The number of halogens is 3. The molecule has 0 bridgehead atoms. The molecular weight excluding hydrogens is 255 g/mol. The zero-order chi connectivity index (χ0) is 6.41. The molecule has 0 spiro atoms. The van der Waals surface area contributed by atoms with E-state index in [2.05, 4.69) is 31.9 Å². The van der Waals surface area contributed by atoms with Gasteiger partial charge in [0.25, 0.3) is 0 Å². The van der Waals surface area contributed by atoms with Crippen LogP contribution in [-0.4, -0.2) is 9.62 Å². The molecule has 0 aliphatic heterocycles. The summed E-state index contributed by atoms with van der Waals surface area (Å²) in [5.41, 5.74) is 0. The zero-order valence-corrected chi connectivity index (χ0v) is 8.47. The van der Waals surface area contributed by atoms with Crippen molar-refractivity contribution in [3.8, 4) is 0 Å². The molecule has 3 heteroatoms. The molecular formula is C5H9Br2Cl. The molecule has 0 aromatic carbocycles. The summed E-state index contributed by atoms with van der Waals surface area (Å²) in [6, 6.07) is 0. The van der Waals surface area contributed by atoms with Crippen LogP contribution in [0.5, 0.6) is 0 Å². The van der Waals surface area contributed by atoms with Gasteiger partial charge in [0.2, 0.25) is 0 Å². The van der Waals surface area contributed by atoms with Crippen molar-refractivity contribution in [3.63, 3.8) is 0 Å². The van der Waals surface area contributed by atoms with Gasteiger partial charge in [0, 0.05) is 5.88 Å². The Morgan fingerprint density at radius 2 is 1.88 bits per heavy atom. The van der Waals surface area contributed by atoms with E-state index in [4.69, 9.17) is 11.6 Å². The van der Waals surface area contributed by atoms with Gasteiger partial charge in [-0.05, 0) is 12.8 Å². The van der Waals surface area contributed by atoms with E-state index < -0.39 is 0 Å². The average Bonchev–Trinajstić information content (AvgIpc) is 1.66. The van der Waals surface area contributed by atoms with Crippen LogP contribution in [0.2, 0.25) is 0 Å². The maximum Gasteiger partial charge on any atom is 0.0697 e. The smallest absolute Gasteiger partial charge is 0.0697 e. The van der Waals surface area contributed by atoms with Gasteiger partial charge >= 0.3 is 0 Å². The average molecular weight is 264 g/mol. The standard InChI is InChI=1S/C5H9Br2Cl/c6-5(7)3-1-2-4-8/h5H,1-4H2. The molecule has 0 aliphatic rings. The van der Waals surface area contributed by atoms with Crippen LogP contribution in [0.15, 0.2) is 0 Å². The fourth-order valence-electron chi connectivity index (χ4n) is 0.393. The first-order valence-corrected chi connectivity index (χ1v) is 4.98. The van der Waals surface area contributed by atoms with Crippen molar-refractivity contribution in [2.75, 3.05) is 5.88 Å². The minimum Gasteiger partial charge on any atom is -0.127 e. The van der Waals surface area contributed by atoms with E-state index in [9.17, 15) is 0 Å². The van der Waals surface area contributed by atoms with Crippen LogP contribution in [0.4, 0.5) is 0 Å². The van der Waals surface area contributed by atoms with E-state index in [1.165, 1.54) is 6.42 Å². The lowest BCUT2D eigenvalue weighted by molar-refractivity contribution is 0.775. The predicted octanol–water partition coefficient (Wildman–Crippen LogP) is 3.51. The number of alkyl halides is 3. The molecule has 0 saturated carbocycles. The first-order chi connectivity index (χ1) is 3.77. The Labute approximate surface area is 72.2 Å². The summed E-state index contributed by atoms with van der Waals surface area (Å²) in [5, 5.41) is 0. The van der Waals surface area contributed by atoms with Crippen LogP contribution in [-0.2, 0) is 0 Å². The fourth-order valence-corrected chi connectivity index (χ4v) is 1.23. The van der Waals surface area contributed by atoms with E-state index in [-0.39, 0.29) is 0 Å². The molecule has 0 radical (unpaired) electrons. The third kappa shape index (κ3) is 7.25. The van der Waals surface area contributed by atoms with E-state index in [0.29, 0.717) is 3.74 Å². The molecule has 0 atom stereocenters. The highest BCUT2D eigenvalue weighted by molar-refractivity contribution is 9.24. The molecule has 0 unspecified atom stereocenters. The summed E-state index contributed by atoms with van der Waals surface area (Å²) in [6.07, 6.45) is 3.48. The molecule has 0 aromatic heterocycles. The Morgan fingerprint density at radius 1 is 1.25 bits per heavy atom. The number of hydrogen-bond donors (Lipinski definition) is 0. The van der Waals surface area contributed by atoms with E-state index >= 15 is 0 Å². The second kappa shape index (κ2) is 6.37. The van der Waals surface area contributed by atoms with Crippen molar-refractivity contribution in [1.82, 2.24) is 0 Å². The summed E-state index contributed by atoms with van der Waals surface area (Å²) >= 11 is 12.2. The van der Waals surface area contributed by atoms with Crippen LogP contribution in [0, 0.1) is 0 Å². The van der Waals surface area contributed by atoms with Crippen LogP contribution in [0.1, 0.15) is 19.3 Å². The molecule has 0 rings (SSSR count). The first-order valence-electron chi connectivity index (χ1n) is 2.61. The Morgan fingerprint density at radius 3 is 2.25 bits per heavy atom. The maximum atomic E-state index is 5.45. The monoisotopic (exact) mass is 262 g/mol. The lowest BCUT2D eigenvalue weighted by Crippen LogP contribution is -1.84. The van der Waals surface area contributed by atoms with Crippen LogP contribution < -0.4 is 0 Å². The summed E-state index contributed by atoms with van der Waals surface area (Å²) in [6.45, 7) is 0. The second-order valence-electron chi connectivity index (χ2n) is 1.58. The highest BCUT2D eigenvalue weighted by Crippen LogP contribution is 2.15. The molecule has 0 heterocycles. The van der Waals surface area contributed by atoms with Crippen molar-refractivity contribution in [3.05, 3.63) is 0 Å². The van der Waals surface area contributed by atoms with Gasteiger partial charge in [0.15, 0.2) is 0 Å². The molecule has 50 valence electrons. The molecule has 8 heavy (non-hydrogen) atoms. The molecule has 0 saturated heterocycles. The molecule has 0 amide bonds. The topological polar surface area (TPSA) is 0 Å². The first kappa shape index (κ1) is 9.25. The molecule has 0 N–H and O–H groups in total. The van der Waals surface area contributed by atoms with Gasteiger partial charge in [0.1, 0.15) is 0 Å². The lowest BCUT2D eigenvalue weighted by Gasteiger charge is -1.96. The quantitative estimate of drug-likeness (QED) is 0.538.